The van der Waals surface area contributed by atoms with E-state index in [4.69, 9.17) is 9.47 Å². The molecule has 174 valence electrons. The minimum atomic E-state index is -0.0502. The first-order valence-electron chi connectivity index (χ1n) is 11.2. The van der Waals surface area contributed by atoms with Crippen LogP contribution < -0.4 is 15.0 Å². The van der Waals surface area contributed by atoms with Crippen LogP contribution in [-0.4, -0.2) is 65.3 Å². The largest absolute Gasteiger partial charge is 0.489 e. The third-order valence-electron chi connectivity index (χ3n) is 6.45. The number of carbonyl (C=O) groups excluding carboxylic acids is 1. The highest BCUT2D eigenvalue weighted by molar-refractivity contribution is 7.16. The molecule has 1 atom stereocenters. The maximum atomic E-state index is 12.7. The number of benzene rings is 2. The number of nitrogens with one attached hydrogen (secondary N) is 1. The van der Waals surface area contributed by atoms with Gasteiger partial charge in [-0.2, -0.15) is 0 Å². The number of ether oxygens (including phenoxy) is 2. The molecule has 0 bridgehead atoms. The zero-order valence-corrected chi connectivity index (χ0v) is 19.7. The SMILES string of the molecule is C[C@H](Oc1cc(N2CCN(C)C2=O)cc2ncnc(Nc3ccc4ncsc4c3)c12)C1COC1. The summed E-state index contributed by atoms with van der Waals surface area (Å²) in [5, 5.41) is 4.22. The van der Waals surface area contributed by atoms with Crippen molar-refractivity contribution >= 4 is 55.7 Å². The van der Waals surface area contributed by atoms with Gasteiger partial charge in [0.05, 0.1) is 45.5 Å². The van der Waals surface area contributed by atoms with Gasteiger partial charge in [-0.3, -0.25) is 4.90 Å². The molecule has 2 amide bonds. The molecule has 6 rings (SSSR count). The molecule has 0 unspecified atom stereocenters. The minimum Gasteiger partial charge on any atom is -0.489 e. The van der Waals surface area contributed by atoms with Crippen LogP contribution in [0.3, 0.4) is 0 Å². The second kappa shape index (κ2) is 8.37. The predicted molar refractivity (Wildman–Crippen MR) is 132 cm³/mol. The molecule has 4 aromatic rings. The van der Waals surface area contributed by atoms with Crippen molar-refractivity contribution in [1.82, 2.24) is 19.9 Å². The van der Waals surface area contributed by atoms with Crippen LogP contribution in [0.5, 0.6) is 5.75 Å². The topological polar surface area (TPSA) is 92.7 Å². The summed E-state index contributed by atoms with van der Waals surface area (Å²) in [4.78, 5) is 29.6. The number of likely N-dealkylation sites (N-methyl/N-ethyl adjacent to an activating group) is 1. The molecule has 2 aromatic heterocycles. The van der Waals surface area contributed by atoms with Crippen LogP contribution in [0, 0.1) is 5.92 Å². The number of nitrogens with zero attached hydrogens (tertiary/aromatic N) is 5. The number of hydrogen-bond donors (Lipinski definition) is 1. The Bertz CT molecular complexity index is 1390. The van der Waals surface area contributed by atoms with E-state index in [0.717, 1.165) is 27.0 Å². The molecular weight excluding hydrogens is 452 g/mol. The molecular formula is C24H24N6O3S. The molecule has 34 heavy (non-hydrogen) atoms. The molecule has 2 aliphatic rings. The molecule has 2 aromatic carbocycles. The Morgan fingerprint density at radius 1 is 1.15 bits per heavy atom. The second-order valence-corrected chi connectivity index (χ2v) is 9.58. The van der Waals surface area contributed by atoms with E-state index in [9.17, 15) is 4.79 Å². The lowest BCUT2D eigenvalue weighted by Gasteiger charge is -2.32. The summed E-state index contributed by atoms with van der Waals surface area (Å²) in [6.07, 6.45) is 1.48. The molecule has 0 spiro atoms. The number of anilines is 3. The van der Waals surface area contributed by atoms with Gasteiger partial charge >= 0.3 is 6.03 Å². The normalized spacial score (nSPS) is 17.4. The van der Waals surface area contributed by atoms with E-state index in [1.165, 1.54) is 6.33 Å². The van der Waals surface area contributed by atoms with Crippen LogP contribution in [0.15, 0.2) is 42.2 Å². The van der Waals surface area contributed by atoms with E-state index in [1.807, 2.05) is 36.8 Å². The summed E-state index contributed by atoms with van der Waals surface area (Å²) < 4.78 is 12.9. The van der Waals surface area contributed by atoms with Crippen molar-refractivity contribution in [3.05, 3.63) is 42.2 Å². The van der Waals surface area contributed by atoms with Gasteiger partial charge in [-0.15, -0.1) is 11.3 Å². The lowest BCUT2D eigenvalue weighted by Crippen LogP contribution is -2.39. The second-order valence-electron chi connectivity index (χ2n) is 8.70. The van der Waals surface area contributed by atoms with Gasteiger partial charge in [0.1, 0.15) is 24.0 Å². The van der Waals surface area contributed by atoms with Gasteiger partial charge in [-0.05, 0) is 31.2 Å². The smallest absolute Gasteiger partial charge is 0.324 e. The Hall–Kier alpha value is -3.50. The number of hydrogen-bond acceptors (Lipinski definition) is 8. The molecule has 2 fully saturated rings. The molecule has 9 nitrogen and oxygen atoms in total. The van der Waals surface area contributed by atoms with E-state index >= 15 is 0 Å². The number of thiazole rings is 1. The van der Waals surface area contributed by atoms with E-state index in [2.05, 4.69) is 33.3 Å². The van der Waals surface area contributed by atoms with E-state index in [0.29, 0.717) is 49.3 Å². The van der Waals surface area contributed by atoms with Crippen molar-refractivity contribution in [3.63, 3.8) is 0 Å². The van der Waals surface area contributed by atoms with Gasteiger partial charge < -0.3 is 19.7 Å². The summed E-state index contributed by atoms with van der Waals surface area (Å²) in [6.45, 7) is 4.72. The van der Waals surface area contributed by atoms with Crippen molar-refractivity contribution in [3.8, 4) is 5.75 Å². The number of aromatic nitrogens is 3. The van der Waals surface area contributed by atoms with Crippen LogP contribution in [0.4, 0.5) is 22.0 Å². The Kier molecular flexibility index (Phi) is 5.19. The van der Waals surface area contributed by atoms with E-state index in [-0.39, 0.29) is 12.1 Å². The lowest BCUT2D eigenvalue weighted by molar-refractivity contribution is -0.0773. The summed E-state index contributed by atoms with van der Waals surface area (Å²) in [5.41, 5.74) is 5.19. The van der Waals surface area contributed by atoms with Gasteiger partial charge in [-0.1, -0.05) is 0 Å². The molecule has 0 aliphatic carbocycles. The molecule has 2 saturated heterocycles. The quantitative estimate of drug-likeness (QED) is 0.444. The van der Waals surface area contributed by atoms with E-state index < -0.39 is 0 Å². The highest BCUT2D eigenvalue weighted by Gasteiger charge is 2.30. The Morgan fingerprint density at radius 2 is 2.03 bits per heavy atom. The molecule has 2 aliphatic heterocycles. The third-order valence-corrected chi connectivity index (χ3v) is 7.24. The number of fused-ring (bicyclic) bond motifs is 2. The Morgan fingerprint density at radius 3 is 2.79 bits per heavy atom. The highest BCUT2D eigenvalue weighted by atomic mass is 32.1. The number of amides is 2. The third kappa shape index (κ3) is 3.68. The molecule has 0 saturated carbocycles. The van der Waals surface area contributed by atoms with Gasteiger partial charge in [0.15, 0.2) is 0 Å². The fourth-order valence-electron chi connectivity index (χ4n) is 4.26. The van der Waals surface area contributed by atoms with Crippen LogP contribution in [0.25, 0.3) is 21.1 Å². The van der Waals surface area contributed by atoms with Crippen LogP contribution in [-0.2, 0) is 4.74 Å². The first-order valence-corrected chi connectivity index (χ1v) is 12.1. The van der Waals surface area contributed by atoms with Crippen LogP contribution in [0.2, 0.25) is 0 Å². The number of urea groups is 1. The number of carbonyl (C=O) groups is 1. The Balaban J connectivity index is 1.43. The highest BCUT2D eigenvalue weighted by Crippen LogP contribution is 2.38. The fourth-order valence-corrected chi connectivity index (χ4v) is 4.98. The van der Waals surface area contributed by atoms with Crippen molar-refractivity contribution < 1.29 is 14.3 Å². The molecule has 0 radical (unpaired) electrons. The van der Waals surface area contributed by atoms with Crippen molar-refractivity contribution in [2.24, 2.45) is 5.92 Å². The predicted octanol–water partition coefficient (Wildman–Crippen LogP) is 4.27. The molecule has 1 N–H and O–H groups in total. The van der Waals surface area contributed by atoms with Crippen molar-refractivity contribution in [2.75, 3.05) is 43.6 Å². The van der Waals surface area contributed by atoms with Gasteiger partial charge in [0.2, 0.25) is 0 Å². The van der Waals surface area contributed by atoms with Crippen molar-refractivity contribution in [1.29, 1.82) is 0 Å². The first-order chi connectivity index (χ1) is 16.6. The fraction of sp³-hybridized carbons (Fsp3) is 0.333. The summed E-state index contributed by atoms with van der Waals surface area (Å²) in [6, 6.07) is 9.85. The number of rotatable bonds is 6. The summed E-state index contributed by atoms with van der Waals surface area (Å²) >= 11 is 1.59. The summed E-state index contributed by atoms with van der Waals surface area (Å²) in [5.74, 6) is 1.63. The lowest BCUT2D eigenvalue weighted by atomic mass is 10.0. The average Bonchev–Trinajstić information content (AvgIpc) is 3.38. The van der Waals surface area contributed by atoms with E-state index in [1.54, 1.807) is 21.1 Å². The average molecular weight is 477 g/mol. The van der Waals surface area contributed by atoms with Crippen LogP contribution in [0.1, 0.15) is 6.92 Å². The first kappa shape index (κ1) is 21.1. The minimum absolute atomic E-state index is 0.0315. The summed E-state index contributed by atoms with van der Waals surface area (Å²) in [7, 11) is 1.81. The van der Waals surface area contributed by atoms with Crippen LogP contribution >= 0.6 is 11.3 Å². The van der Waals surface area contributed by atoms with Gasteiger partial charge in [-0.25, -0.2) is 19.7 Å². The maximum Gasteiger partial charge on any atom is 0.324 e. The standard InChI is InChI=1S/C24H24N6O3S/c1-14(15-10-32-11-15)33-20-9-17(30-6-5-29(2)24(30)31)8-19-22(20)23(26-12-25-19)28-16-3-4-18-21(7-16)34-13-27-18/h3-4,7-9,12-15H,5-6,10-11H2,1-2H3,(H,25,26,28)/t14-/m0/s1. The van der Waals surface area contributed by atoms with Crippen molar-refractivity contribution in [2.45, 2.75) is 13.0 Å². The zero-order chi connectivity index (χ0) is 23.2. The van der Waals surface area contributed by atoms with Gasteiger partial charge in [0.25, 0.3) is 0 Å². The molecule has 10 heteroatoms. The monoisotopic (exact) mass is 476 g/mol. The van der Waals surface area contributed by atoms with Gasteiger partial charge in [0, 0.05) is 37.8 Å². The molecule has 4 heterocycles. The zero-order valence-electron chi connectivity index (χ0n) is 18.9. The Labute approximate surface area is 200 Å². The maximum absolute atomic E-state index is 12.7.